The van der Waals surface area contributed by atoms with E-state index >= 15 is 0 Å². The van der Waals surface area contributed by atoms with E-state index in [0.29, 0.717) is 32.7 Å². The fraction of sp³-hybridized carbons (Fsp3) is 0.0870. The molecule has 1 heterocycles. The minimum atomic E-state index is -0.292. The Hall–Kier alpha value is -3.03. The molecule has 7 heteroatoms. The molecule has 0 saturated carbocycles. The van der Waals surface area contributed by atoms with Crippen molar-refractivity contribution in [3.63, 3.8) is 0 Å². The number of fused-ring (bicyclic) bond motifs is 1. The molecule has 0 atom stereocenters. The van der Waals surface area contributed by atoms with Crippen LogP contribution in [0.1, 0.15) is 21.5 Å². The number of carbonyl (C=O) groups excluding carboxylic acids is 1. The van der Waals surface area contributed by atoms with Crippen LogP contribution in [0.25, 0.3) is 22.6 Å². The second-order valence-corrected chi connectivity index (χ2v) is 8.10. The van der Waals surface area contributed by atoms with Crippen molar-refractivity contribution in [2.75, 3.05) is 5.32 Å². The fourth-order valence-electron chi connectivity index (χ4n) is 3.08. The van der Waals surface area contributed by atoms with Gasteiger partial charge in [0.2, 0.25) is 5.89 Å². The molecule has 0 fully saturated rings. The monoisotopic (exact) mass is 479 g/mol. The maximum atomic E-state index is 12.4. The van der Waals surface area contributed by atoms with Gasteiger partial charge in [-0.3, -0.25) is 10.1 Å². The van der Waals surface area contributed by atoms with E-state index in [0.717, 1.165) is 11.1 Å². The van der Waals surface area contributed by atoms with Gasteiger partial charge in [-0.1, -0.05) is 24.3 Å². The van der Waals surface area contributed by atoms with Gasteiger partial charge in [0, 0.05) is 15.7 Å². The summed E-state index contributed by atoms with van der Waals surface area (Å²) in [6, 6.07) is 18.7. The maximum Gasteiger partial charge on any atom is 0.258 e. The third-order valence-electron chi connectivity index (χ3n) is 4.83. The smallest absolute Gasteiger partial charge is 0.258 e. The first-order chi connectivity index (χ1) is 14.4. The molecule has 0 aliphatic heterocycles. The van der Waals surface area contributed by atoms with Crippen molar-refractivity contribution in [3.05, 3.63) is 81.8 Å². The number of hydrogen-bond donors (Lipinski definition) is 2. The molecule has 0 unspecified atom stereocenters. The molecule has 2 N–H and O–H groups in total. The number of nitrogens with zero attached hydrogens (tertiary/aromatic N) is 1. The van der Waals surface area contributed by atoms with Crippen molar-refractivity contribution < 1.29 is 9.21 Å². The predicted octanol–water partition coefficient (Wildman–Crippen LogP) is 6.00. The van der Waals surface area contributed by atoms with Gasteiger partial charge >= 0.3 is 0 Å². The third kappa shape index (κ3) is 4.13. The number of aryl methyl sites for hydroxylation is 1. The Morgan fingerprint density at radius 3 is 2.67 bits per heavy atom. The highest BCUT2D eigenvalue weighted by Gasteiger charge is 2.14. The molecule has 1 amide bonds. The quantitative estimate of drug-likeness (QED) is 0.352. The van der Waals surface area contributed by atoms with Crippen LogP contribution in [0.3, 0.4) is 0 Å². The van der Waals surface area contributed by atoms with Gasteiger partial charge in [-0.05, 0) is 89.5 Å². The zero-order valence-corrected chi connectivity index (χ0v) is 18.7. The molecule has 0 aliphatic rings. The van der Waals surface area contributed by atoms with E-state index in [1.54, 1.807) is 18.2 Å². The van der Waals surface area contributed by atoms with Gasteiger partial charge in [-0.2, -0.15) is 0 Å². The summed E-state index contributed by atoms with van der Waals surface area (Å²) >= 11 is 8.66. The highest BCUT2D eigenvalue weighted by Crippen LogP contribution is 2.29. The van der Waals surface area contributed by atoms with Gasteiger partial charge in [-0.15, -0.1) is 0 Å². The second-order valence-electron chi connectivity index (χ2n) is 6.84. The number of carbonyl (C=O) groups is 1. The van der Waals surface area contributed by atoms with E-state index in [1.165, 1.54) is 5.56 Å². The Morgan fingerprint density at radius 2 is 1.87 bits per heavy atom. The molecule has 5 nitrogen and oxygen atoms in total. The number of benzene rings is 3. The number of halogens is 1. The van der Waals surface area contributed by atoms with E-state index in [9.17, 15) is 4.79 Å². The number of oxazole rings is 1. The Kier molecular flexibility index (Phi) is 5.65. The predicted molar refractivity (Wildman–Crippen MR) is 127 cm³/mol. The summed E-state index contributed by atoms with van der Waals surface area (Å²) < 4.78 is 6.64. The first-order valence-corrected chi connectivity index (χ1v) is 10.5. The van der Waals surface area contributed by atoms with Crippen molar-refractivity contribution in [3.8, 4) is 11.5 Å². The van der Waals surface area contributed by atoms with Gasteiger partial charge in [0.15, 0.2) is 10.7 Å². The van der Waals surface area contributed by atoms with Gasteiger partial charge in [0.25, 0.3) is 5.91 Å². The lowest BCUT2D eigenvalue weighted by molar-refractivity contribution is 0.0977. The number of aromatic nitrogens is 1. The van der Waals surface area contributed by atoms with Crippen molar-refractivity contribution in [2.45, 2.75) is 13.8 Å². The number of anilines is 1. The van der Waals surface area contributed by atoms with Crippen molar-refractivity contribution in [1.29, 1.82) is 0 Å². The average Bonchev–Trinajstić information content (AvgIpc) is 3.13. The van der Waals surface area contributed by atoms with Crippen molar-refractivity contribution in [2.24, 2.45) is 0 Å². The Morgan fingerprint density at radius 1 is 1.07 bits per heavy atom. The standard InChI is InChI=1S/C23H18BrN3O2S/c1-13-6-5-8-16(14(13)2)22-26-19-12-15(10-11-20(19)29-22)25-23(30)27-21(28)17-7-3-4-9-18(17)24/h3-12H,1-2H3,(H2,25,27,28,30). The molecule has 0 bridgehead atoms. The molecule has 0 aliphatic carbocycles. The van der Waals surface area contributed by atoms with E-state index in [-0.39, 0.29) is 11.0 Å². The van der Waals surface area contributed by atoms with Gasteiger partial charge < -0.3 is 9.73 Å². The normalized spacial score (nSPS) is 10.8. The number of amides is 1. The lowest BCUT2D eigenvalue weighted by Crippen LogP contribution is -2.34. The van der Waals surface area contributed by atoms with Crippen molar-refractivity contribution >= 4 is 56.0 Å². The number of thiocarbonyl (C=S) groups is 1. The highest BCUT2D eigenvalue weighted by atomic mass is 79.9. The lowest BCUT2D eigenvalue weighted by atomic mass is 10.0. The first kappa shape index (κ1) is 20.3. The summed E-state index contributed by atoms with van der Waals surface area (Å²) in [4.78, 5) is 17.0. The Bertz CT molecular complexity index is 1280. The van der Waals surface area contributed by atoms with Crippen LogP contribution in [0.5, 0.6) is 0 Å². The highest BCUT2D eigenvalue weighted by molar-refractivity contribution is 9.10. The number of nitrogens with one attached hydrogen (secondary N) is 2. The van der Waals surface area contributed by atoms with Crippen LogP contribution in [-0.2, 0) is 0 Å². The van der Waals surface area contributed by atoms with E-state index in [1.807, 2.05) is 36.4 Å². The Labute approximate surface area is 187 Å². The SMILES string of the molecule is Cc1cccc(-c2nc3cc(NC(=S)NC(=O)c4ccccc4Br)ccc3o2)c1C. The molecular weight excluding hydrogens is 462 g/mol. The molecule has 3 aromatic carbocycles. The summed E-state index contributed by atoms with van der Waals surface area (Å²) in [5, 5.41) is 5.91. The summed E-state index contributed by atoms with van der Waals surface area (Å²) in [7, 11) is 0. The van der Waals surface area contributed by atoms with E-state index < -0.39 is 0 Å². The zero-order chi connectivity index (χ0) is 21.3. The third-order valence-corrected chi connectivity index (χ3v) is 5.72. The molecular formula is C23H18BrN3O2S. The fourth-order valence-corrected chi connectivity index (χ4v) is 3.76. The zero-order valence-electron chi connectivity index (χ0n) is 16.3. The van der Waals surface area contributed by atoms with Crippen LogP contribution in [0.2, 0.25) is 0 Å². The van der Waals surface area contributed by atoms with Crippen LogP contribution in [0.4, 0.5) is 5.69 Å². The summed E-state index contributed by atoms with van der Waals surface area (Å²) in [6.45, 7) is 4.12. The topological polar surface area (TPSA) is 67.2 Å². The van der Waals surface area contributed by atoms with E-state index in [4.69, 9.17) is 16.6 Å². The van der Waals surface area contributed by atoms with Crippen LogP contribution in [0.15, 0.2) is 69.6 Å². The molecule has 4 aromatic rings. The van der Waals surface area contributed by atoms with Crippen LogP contribution >= 0.6 is 28.1 Å². The molecule has 1 aromatic heterocycles. The van der Waals surface area contributed by atoms with Gasteiger partial charge in [-0.25, -0.2) is 4.98 Å². The van der Waals surface area contributed by atoms with Gasteiger partial charge in [0.05, 0.1) is 5.56 Å². The summed E-state index contributed by atoms with van der Waals surface area (Å²) in [5.41, 5.74) is 5.89. The molecule has 30 heavy (non-hydrogen) atoms. The number of hydrogen-bond acceptors (Lipinski definition) is 4. The Balaban J connectivity index is 1.52. The molecule has 0 radical (unpaired) electrons. The molecule has 150 valence electrons. The van der Waals surface area contributed by atoms with Crippen LogP contribution in [0, 0.1) is 13.8 Å². The summed E-state index contributed by atoms with van der Waals surface area (Å²) in [6.07, 6.45) is 0. The second kappa shape index (κ2) is 8.38. The average molecular weight is 480 g/mol. The first-order valence-electron chi connectivity index (χ1n) is 9.26. The maximum absolute atomic E-state index is 12.4. The lowest BCUT2D eigenvalue weighted by Gasteiger charge is -2.10. The minimum absolute atomic E-state index is 0.202. The van der Waals surface area contributed by atoms with E-state index in [2.05, 4.69) is 51.5 Å². The van der Waals surface area contributed by atoms with Gasteiger partial charge in [0.1, 0.15) is 5.52 Å². The summed E-state index contributed by atoms with van der Waals surface area (Å²) in [5.74, 6) is 0.285. The van der Waals surface area contributed by atoms with Crippen LogP contribution < -0.4 is 10.6 Å². The molecule has 4 rings (SSSR count). The molecule has 0 spiro atoms. The minimum Gasteiger partial charge on any atom is -0.436 e. The largest absolute Gasteiger partial charge is 0.436 e. The van der Waals surface area contributed by atoms with Crippen molar-refractivity contribution in [1.82, 2.24) is 10.3 Å². The molecule has 0 saturated heterocycles. The van der Waals surface area contributed by atoms with Crippen LogP contribution in [-0.4, -0.2) is 16.0 Å². The number of rotatable bonds is 3.